The summed E-state index contributed by atoms with van der Waals surface area (Å²) < 4.78 is 0. The number of piperidine rings is 1. The molecule has 1 saturated heterocycles. The van der Waals surface area contributed by atoms with Crippen molar-refractivity contribution in [2.45, 2.75) is 25.4 Å². The number of aromatic nitrogens is 1. The Kier molecular flexibility index (Phi) is 5.41. The molecule has 0 amide bonds. The van der Waals surface area contributed by atoms with Crippen LogP contribution in [-0.2, 0) is 6.54 Å². The van der Waals surface area contributed by atoms with Crippen molar-refractivity contribution in [3.63, 3.8) is 0 Å². The molecule has 7 heteroatoms. The topological polar surface area (TPSA) is 71.3 Å². The van der Waals surface area contributed by atoms with Crippen molar-refractivity contribution in [1.29, 1.82) is 0 Å². The molecule has 0 radical (unpaired) electrons. The number of hydrogen-bond acceptors (Lipinski definition) is 5. The van der Waals surface area contributed by atoms with Gasteiger partial charge in [0, 0.05) is 60.2 Å². The molecule has 144 valence electrons. The maximum atomic E-state index is 11.3. The molecular formula is C21H21ClN4O2. The van der Waals surface area contributed by atoms with Crippen LogP contribution in [0.2, 0.25) is 5.02 Å². The lowest BCUT2D eigenvalue weighted by Gasteiger charge is -2.33. The summed E-state index contributed by atoms with van der Waals surface area (Å²) in [6, 6.07) is 13.6. The maximum absolute atomic E-state index is 11.3. The number of pyridine rings is 1. The second-order valence-electron chi connectivity index (χ2n) is 7.13. The summed E-state index contributed by atoms with van der Waals surface area (Å²) in [4.78, 5) is 17.4. The van der Waals surface area contributed by atoms with Crippen LogP contribution in [0.25, 0.3) is 10.8 Å². The first-order chi connectivity index (χ1) is 13.6. The molecule has 0 bridgehead atoms. The Morgan fingerprint density at radius 3 is 2.57 bits per heavy atom. The lowest BCUT2D eigenvalue weighted by atomic mass is 10.0. The summed E-state index contributed by atoms with van der Waals surface area (Å²) in [5.41, 5.74) is 2.29. The Morgan fingerprint density at radius 1 is 1.11 bits per heavy atom. The van der Waals surface area contributed by atoms with E-state index in [1.165, 1.54) is 5.56 Å². The summed E-state index contributed by atoms with van der Waals surface area (Å²) in [6.45, 7) is 2.94. The number of nitrogens with one attached hydrogen (secondary N) is 1. The number of fused-ring (bicyclic) bond motifs is 1. The van der Waals surface area contributed by atoms with Gasteiger partial charge in [-0.15, -0.1) is 0 Å². The van der Waals surface area contributed by atoms with Crippen LogP contribution in [-0.4, -0.2) is 33.9 Å². The van der Waals surface area contributed by atoms with E-state index in [1.54, 1.807) is 24.5 Å². The SMILES string of the molecule is O=[N+]([O-])c1ccc(NC2CCN(Cc3ccc(Cl)cc3)CC2)c2ccncc12. The van der Waals surface area contributed by atoms with Gasteiger partial charge in [0.25, 0.3) is 5.69 Å². The lowest BCUT2D eigenvalue weighted by molar-refractivity contribution is -0.383. The predicted octanol–water partition coefficient (Wildman–Crippen LogP) is 4.87. The van der Waals surface area contributed by atoms with Crippen LogP contribution in [0.4, 0.5) is 11.4 Å². The molecule has 1 N–H and O–H groups in total. The normalized spacial score (nSPS) is 15.6. The first kappa shape index (κ1) is 18.7. The zero-order valence-electron chi connectivity index (χ0n) is 15.3. The molecule has 0 spiro atoms. The van der Waals surface area contributed by atoms with Crippen molar-refractivity contribution in [3.05, 3.63) is 75.6 Å². The van der Waals surface area contributed by atoms with Crippen molar-refractivity contribution < 1.29 is 4.92 Å². The molecule has 0 unspecified atom stereocenters. The van der Waals surface area contributed by atoms with Crippen LogP contribution in [0.3, 0.4) is 0 Å². The molecule has 2 aromatic carbocycles. The smallest absolute Gasteiger partial charge is 0.278 e. The van der Waals surface area contributed by atoms with Crippen molar-refractivity contribution in [2.24, 2.45) is 0 Å². The average Bonchev–Trinajstić information content (AvgIpc) is 2.71. The third-order valence-electron chi connectivity index (χ3n) is 5.26. The zero-order chi connectivity index (χ0) is 19.5. The number of nitrogens with zero attached hydrogens (tertiary/aromatic N) is 3. The van der Waals surface area contributed by atoms with Crippen LogP contribution >= 0.6 is 11.6 Å². The number of nitro groups is 1. The van der Waals surface area contributed by atoms with Gasteiger partial charge in [-0.25, -0.2) is 0 Å². The first-order valence-corrected chi connectivity index (χ1v) is 9.72. The van der Waals surface area contributed by atoms with Gasteiger partial charge in [-0.1, -0.05) is 23.7 Å². The van der Waals surface area contributed by atoms with Crippen molar-refractivity contribution in [3.8, 4) is 0 Å². The van der Waals surface area contributed by atoms with Gasteiger partial charge in [0.1, 0.15) is 0 Å². The van der Waals surface area contributed by atoms with Gasteiger partial charge >= 0.3 is 0 Å². The minimum Gasteiger partial charge on any atom is -0.382 e. The van der Waals surface area contributed by atoms with Gasteiger partial charge < -0.3 is 5.32 Å². The minimum atomic E-state index is -0.358. The van der Waals surface area contributed by atoms with Crippen molar-refractivity contribution in [2.75, 3.05) is 18.4 Å². The number of benzene rings is 2. The monoisotopic (exact) mass is 396 g/mol. The van der Waals surface area contributed by atoms with Crippen LogP contribution < -0.4 is 5.32 Å². The second kappa shape index (κ2) is 8.12. The van der Waals surface area contributed by atoms with E-state index in [4.69, 9.17) is 11.6 Å². The van der Waals surface area contributed by atoms with Gasteiger partial charge in [-0.05, 0) is 42.7 Å². The molecule has 4 rings (SSSR count). The largest absolute Gasteiger partial charge is 0.382 e. The van der Waals surface area contributed by atoms with E-state index < -0.39 is 0 Å². The van der Waals surface area contributed by atoms with Crippen LogP contribution in [0.5, 0.6) is 0 Å². The molecule has 3 aromatic rings. The van der Waals surface area contributed by atoms with Gasteiger partial charge in [-0.2, -0.15) is 0 Å². The first-order valence-electron chi connectivity index (χ1n) is 9.34. The summed E-state index contributed by atoms with van der Waals surface area (Å²) >= 11 is 5.96. The number of likely N-dealkylation sites (tertiary alicyclic amines) is 1. The van der Waals surface area contributed by atoms with Crippen LogP contribution in [0.15, 0.2) is 54.9 Å². The molecule has 28 heavy (non-hydrogen) atoms. The number of halogens is 1. The zero-order valence-corrected chi connectivity index (χ0v) is 16.1. The molecule has 0 atom stereocenters. The highest BCUT2D eigenvalue weighted by atomic mass is 35.5. The number of rotatable bonds is 5. The standard InChI is InChI=1S/C21H21ClN4O2/c22-16-3-1-15(2-4-16)14-25-11-8-17(9-12-25)24-20-5-6-21(26(27)28)19-13-23-10-7-18(19)20/h1-7,10,13,17,24H,8-9,11-12,14H2. The number of non-ortho nitro benzene ring substituents is 1. The summed E-state index contributed by atoms with van der Waals surface area (Å²) in [5, 5.41) is 17.0. The van der Waals surface area contributed by atoms with Gasteiger partial charge in [-0.3, -0.25) is 20.0 Å². The van der Waals surface area contributed by atoms with E-state index in [1.807, 2.05) is 18.2 Å². The van der Waals surface area contributed by atoms with Gasteiger partial charge in [0.2, 0.25) is 0 Å². The summed E-state index contributed by atoms with van der Waals surface area (Å²) in [7, 11) is 0. The fraction of sp³-hybridized carbons (Fsp3) is 0.286. The highest BCUT2D eigenvalue weighted by Crippen LogP contribution is 2.32. The molecular weight excluding hydrogens is 376 g/mol. The predicted molar refractivity (Wildman–Crippen MR) is 112 cm³/mol. The Labute approximate surface area is 168 Å². The molecule has 1 fully saturated rings. The third kappa shape index (κ3) is 4.08. The molecule has 0 saturated carbocycles. The highest BCUT2D eigenvalue weighted by molar-refractivity contribution is 6.30. The summed E-state index contributed by atoms with van der Waals surface area (Å²) in [6.07, 6.45) is 5.29. The molecule has 6 nitrogen and oxygen atoms in total. The molecule has 1 aliphatic rings. The van der Waals surface area contributed by atoms with E-state index in [0.717, 1.165) is 48.6 Å². The second-order valence-corrected chi connectivity index (χ2v) is 7.57. The van der Waals surface area contributed by atoms with Crippen LogP contribution in [0.1, 0.15) is 18.4 Å². The van der Waals surface area contributed by atoms with Gasteiger partial charge in [0.15, 0.2) is 0 Å². The quantitative estimate of drug-likeness (QED) is 0.492. The van der Waals surface area contributed by atoms with E-state index >= 15 is 0 Å². The van der Waals surface area contributed by atoms with Crippen molar-refractivity contribution >= 4 is 33.7 Å². The number of anilines is 1. The Balaban J connectivity index is 1.42. The van der Waals surface area contributed by atoms with E-state index in [9.17, 15) is 10.1 Å². The highest BCUT2D eigenvalue weighted by Gasteiger charge is 2.21. The minimum absolute atomic E-state index is 0.0893. The van der Waals surface area contributed by atoms with Crippen LogP contribution in [0, 0.1) is 10.1 Å². The van der Waals surface area contributed by atoms with E-state index in [2.05, 4.69) is 27.3 Å². The molecule has 1 aliphatic heterocycles. The fourth-order valence-corrected chi connectivity index (χ4v) is 3.89. The Morgan fingerprint density at radius 2 is 1.86 bits per heavy atom. The van der Waals surface area contributed by atoms with E-state index in [-0.39, 0.29) is 10.6 Å². The lowest BCUT2D eigenvalue weighted by Crippen LogP contribution is -2.38. The Hall–Kier alpha value is -2.70. The third-order valence-corrected chi connectivity index (χ3v) is 5.51. The molecule has 1 aromatic heterocycles. The van der Waals surface area contributed by atoms with Crippen molar-refractivity contribution in [1.82, 2.24) is 9.88 Å². The number of nitro benzene ring substituents is 1. The number of hydrogen-bond donors (Lipinski definition) is 1. The average molecular weight is 397 g/mol. The van der Waals surface area contributed by atoms with Gasteiger partial charge in [0.05, 0.1) is 10.3 Å². The molecule has 0 aliphatic carbocycles. The summed E-state index contributed by atoms with van der Waals surface area (Å²) in [5.74, 6) is 0. The fourth-order valence-electron chi connectivity index (χ4n) is 3.76. The maximum Gasteiger partial charge on any atom is 0.278 e. The molecule has 2 heterocycles. The van der Waals surface area contributed by atoms with E-state index in [0.29, 0.717) is 11.4 Å². The Bertz CT molecular complexity index is 985.